The first-order valence-electron chi connectivity index (χ1n) is 16.1. The molecular formula is C41H44BrNO5. The second kappa shape index (κ2) is 21.8. The van der Waals surface area contributed by atoms with Crippen molar-refractivity contribution in [2.24, 2.45) is 5.73 Å². The van der Waals surface area contributed by atoms with Gasteiger partial charge in [-0.2, -0.15) is 0 Å². The molecule has 1 aliphatic rings. The highest BCUT2D eigenvalue weighted by molar-refractivity contribution is 9.10. The van der Waals surface area contributed by atoms with Crippen LogP contribution in [0.1, 0.15) is 54.9 Å². The zero-order chi connectivity index (χ0) is 34.4. The number of aryl methyl sites for hydroxylation is 1. The smallest absolute Gasteiger partial charge is 0.305 e. The number of methoxy groups -OCH3 is 1. The number of halogens is 1. The highest BCUT2D eigenvalue weighted by Gasteiger charge is 2.09. The fourth-order valence-corrected chi connectivity index (χ4v) is 4.79. The summed E-state index contributed by atoms with van der Waals surface area (Å²) in [7, 11) is 1.41. The quantitative estimate of drug-likeness (QED) is 0.117. The van der Waals surface area contributed by atoms with Crippen LogP contribution in [0.15, 0.2) is 138 Å². The molecule has 0 spiro atoms. The predicted octanol–water partition coefficient (Wildman–Crippen LogP) is 10.4. The van der Waals surface area contributed by atoms with Crippen molar-refractivity contribution in [2.75, 3.05) is 13.7 Å². The Kier molecular flexibility index (Phi) is 17.1. The van der Waals surface area contributed by atoms with Gasteiger partial charge in [-0.25, -0.2) is 0 Å². The predicted molar refractivity (Wildman–Crippen MR) is 198 cm³/mol. The molecule has 5 rings (SSSR count). The van der Waals surface area contributed by atoms with E-state index in [0.29, 0.717) is 30.8 Å². The maximum Gasteiger partial charge on any atom is 0.305 e. The van der Waals surface area contributed by atoms with Crippen molar-refractivity contribution >= 4 is 27.8 Å². The van der Waals surface area contributed by atoms with Gasteiger partial charge in [-0.15, -0.1) is 0 Å². The van der Waals surface area contributed by atoms with Gasteiger partial charge in [0.1, 0.15) is 17.2 Å². The number of primary amides is 1. The second-order valence-electron chi connectivity index (χ2n) is 10.7. The van der Waals surface area contributed by atoms with E-state index < -0.39 is 5.91 Å². The summed E-state index contributed by atoms with van der Waals surface area (Å²) in [6.45, 7) is 2.75. The Bertz CT molecular complexity index is 1610. The minimum Gasteiger partial charge on any atom is -0.493 e. The molecule has 1 aliphatic carbocycles. The number of rotatable bonds is 12. The molecule has 1 amide bonds. The van der Waals surface area contributed by atoms with Gasteiger partial charge >= 0.3 is 5.97 Å². The number of ether oxygens (including phenoxy) is 3. The molecule has 0 aromatic heterocycles. The van der Waals surface area contributed by atoms with Crippen LogP contribution in [0, 0.1) is 0 Å². The summed E-state index contributed by atoms with van der Waals surface area (Å²) in [5.74, 6) is 1.55. The maximum atomic E-state index is 11.2. The summed E-state index contributed by atoms with van der Waals surface area (Å²) in [4.78, 5) is 22.4. The summed E-state index contributed by atoms with van der Waals surface area (Å²) < 4.78 is 16.8. The number of hydrogen-bond donors (Lipinski definition) is 1. The molecule has 0 saturated heterocycles. The Hall–Kier alpha value is -4.88. The lowest BCUT2D eigenvalue weighted by Gasteiger charge is -2.09. The number of unbranched alkanes of at least 4 members (excludes halogenated alkanes) is 2. The van der Waals surface area contributed by atoms with Crippen LogP contribution in [0.3, 0.4) is 0 Å². The van der Waals surface area contributed by atoms with E-state index in [1.54, 1.807) is 12.1 Å². The first-order valence-corrected chi connectivity index (χ1v) is 16.9. The molecule has 0 aliphatic heterocycles. The minimum absolute atomic E-state index is 0.182. The molecule has 0 radical (unpaired) electrons. The standard InChI is InChI=1S/C22H20O3.C12H16BrNO2.C7H8/c1-24-22(23)16-9-17-7-10-18(11-8-17)19-12-14-21(15-13-19)25-20-5-3-2-4-6-20;1-2-3-4-7-16-11-6-5-9(13)8-10(11)12(14)15;1-2-4-6-7-5-3-1/h2-8,10-15H,9,16H2,1H3;5-6,8H,2-4,7H2,1H3,(H2,14,15);1-6H,7H2. The van der Waals surface area contributed by atoms with E-state index in [9.17, 15) is 9.59 Å². The topological polar surface area (TPSA) is 87.9 Å². The Balaban J connectivity index is 0.000000231. The summed E-state index contributed by atoms with van der Waals surface area (Å²) >= 11 is 3.29. The number of amides is 1. The van der Waals surface area contributed by atoms with E-state index in [-0.39, 0.29) is 5.97 Å². The van der Waals surface area contributed by atoms with Gasteiger partial charge in [0.25, 0.3) is 5.91 Å². The van der Waals surface area contributed by atoms with Crippen molar-refractivity contribution in [2.45, 2.75) is 45.4 Å². The molecule has 7 heteroatoms. The van der Waals surface area contributed by atoms with Crippen molar-refractivity contribution in [3.05, 3.63) is 149 Å². The molecule has 0 saturated carbocycles. The van der Waals surface area contributed by atoms with Gasteiger partial charge in [0.2, 0.25) is 0 Å². The summed E-state index contributed by atoms with van der Waals surface area (Å²) in [6.07, 6.45) is 17.9. The van der Waals surface area contributed by atoms with Crippen LogP contribution >= 0.6 is 15.9 Å². The van der Waals surface area contributed by atoms with E-state index in [1.165, 1.54) is 7.11 Å². The minimum atomic E-state index is -0.466. The zero-order valence-corrected chi connectivity index (χ0v) is 29.2. The van der Waals surface area contributed by atoms with E-state index >= 15 is 0 Å². The Morgan fingerprint density at radius 1 is 0.771 bits per heavy atom. The number of hydrogen-bond acceptors (Lipinski definition) is 5. The largest absolute Gasteiger partial charge is 0.493 e. The molecule has 0 atom stereocenters. The van der Waals surface area contributed by atoms with Crippen molar-refractivity contribution in [3.8, 4) is 28.4 Å². The van der Waals surface area contributed by atoms with Crippen molar-refractivity contribution in [1.82, 2.24) is 0 Å². The third-order valence-corrected chi connectivity index (χ3v) is 7.55. The SMILES string of the molecule is C1=CC=CCC=C1.CCCCCOc1ccc(Br)cc1C(N)=O.COC(=O)CCc1ccc(-c2ccc(Oc3ccccc3)cc2)cc1. The van der Waals surface area contributed by atoms with Crippen LogP contribution in [0.2, 0.25) is 0 Å². The van der Waals surface area contributed by atoms with E-state index in [2.05, 4.69) is 64.0 Å². The monoisotopic (exact) mass is 709 g/mol. The first kappa shape index (κ1) is 37.6. The number of carbonyl (C=O) groups excluding carboxylic acids is 2. The summed E-state index contributed by atoms with van der Waals surface area (Å²) in [5.41, 5.74) is 9.08. The molecule has 4 aromatic carbocycles. The number of esters is 1. The number of nitrogens with two attached hydrogens (primary N) is 1. The average Bonchev–Trinajstić information content (AvgIpc) is 3.45. The van der Waals surface area contributed by atoms with Gasteiger partial charge in [-0.1, -0.05) is 127 Å². The normalized spacial score (nSPS) is 11.2. The van der Waals surface area contributed by atoms with Gasteiger partial charge in [-0.05, 0) is 78.4 Å². The maximum absolute atomic E-state index is 11.2. The van der Waals surface area contributed by atoms with E-state index in [1.807, 2.05) is 84.9 Å². The van der Waals surface area contributed by atoms with Crippen LogP contribution in [-0.4, -0.2) is 25.6 Å². The van der Waals surface area contributed by atoms with Crippen LogP contribution in [0.25, 0.3) is 11.1 Å². The highest BCUT2D eigenvalue weighted by Crippen LogP contribution is 2.26. The van der Waals surface area contributed by atoms with Crippen molar-refractivity contribution in [1.29, 1.82) is 0 Å². The molecule has 0 unspecified atom stereocenters. The number of allylic oxidation sites excluding steroid dienone is 6. The fourth-order valence-electron chi connectivity index (χ4n) is 4.43. The molecular weight excluding hydrogens is 666 g/mol. The van der Waals surface area contributed by atoms with Gasteiger partial charge in [-0.3, -0.25) is 9.59 Å². The Labute approximate surface area is 293 Å². The number of para-hydroxylation sites is 1. The van der Waals surface area contributed by atoms with Crippen molar-refractivity contribution in [3.63, 3.8) is 0 Å². The van der Waals surface area contributed by atoms with Gasteiger partial charge in [0.05, 0.1) is 19.3 Å². The molecule has 48 heavy (non-hydrogen) atoms. The molecule has 6 nitrogen and oxygen atoms in total. The zero-order valence-electron chi connectivity index (χ0n) is 27.6. The number of benzene rings is 4. The fraction of sp³-hybridized carbons (Fsp3) is 0.220. The van der Waals surface area contributed by atoms with Crippen LogP contribution < -0.4 is 15.2 Å². The number of carbonyl (C=O) groups is 2. The van der Waals surface area contributed by atoms with Gasteiger partial charge in [0, 0.05) is 10.9 Å². The van der Waals surface area contributed by atoms with Crippen LogP contribution in [0.5, 0.6) is 17.2 Å². The van der Waals surface area contributed by atoms with Crippen LogP contribution in [-0.2, 0) is 16.0 Å². The molecule has 250 valence electrons. The summed E-state index contributed by atoms with van der Waals surface area (Å²) in [5, 5.41) is 0. The molecule has 2 N–H and O–H groups in total. The lowest BCUT2D eigenvalue weighted by Crippen LogP contribution is -2.13. The lowest BCUT2D eigenvalue weighted by molar-refractivity contribution is -0.140. The third-order valence-electron chi connectivity index (χ3n) is 7.06. The summed E-state index contributed by atoms with van der Waals surface area (Å²) in [6, 6.07) is 31.3. The van der Waals surface area contributed by atoms with Crippen molar-refractivity contribution < 1.29 is 23.8 Å². The lowest BCUT2D eigenvalue weighted by atomic mass is 10.0. The molecule has 0 bridgehead atoms. The van der Waals surface area contributed by atoms with E-state index in [4.69, 9.17) is 15.2 Å². The Morgan fingerprint density at radius 3 is 2.00 bits per heavy atom. The molecule has 0 fully saturated rings. The van der Waals surface area contributed by atoms with Crippen LogP contribution in [0.4, 0.5) is 0 Å². The molecule has 0 heterocycles. The first-order chi connectivity index (χ1) is 23.4. The third kappa shape index (κ3) is 14.3. The average molecular weight is 711 g/mol. The van der Waals surface area contributed by atoms with Gasteiger partial charge < -0.3 is 19.9 Å². The Morgan fingerprint density at radius 2 is 1.40 bits per heavy atom. The second-order valence-corrected chi connectivity index (χ2v) is 11.7. The van der Waals surface area contributed by atoms with Gasteiger partial charge in [0.15, 0.2) is 0 Å². The van der Waals surface area contributed by atoms with E-state index in [0.717, 1.165) is 58.3 Å². The highest BCUT2D eigenvalue weighted by atomic mass is 79.9. The molecule has 4 aromatic rings.